The second-order valence-corrected chi connectivity index (χ2v) is 7.35. The van der Waals surface area contributed by atoms with Gasteiger partial charge in [-0.1, -0.05) is 17.7 Å². The fourth-order valence-corrected chi connectivity index (χ4v) is 4.41. The SMILES string of the molecule is Cc1sc(C(=O)O)cc1S(=O)(=O)Nc1c(F)cccc1Cl. The van der Waals surface area contributed by atoms with Gasteiger partial charge in [0.1, 0.15) is 21.3 Å². The number of hydrogen-bond donors (Lipinski definition) is 2. The first-order valence-corrected chi connectivity index (χ1v) is 8.20. The summed E-state index contributed by atoms with van der Waals surface area (Å²) in [6.45, 7) is 1.47. The molecule has 0 aliphatic heterocycles. The van der Waals surface area contributed by atoms with Gasteiger partial charge in [0, 0.05) is 4.88 Å². The van der Waals surface area contributed by atoms with E-state index in [1.54, 1.807) is 0 Å². The van der Waals surface area contributed by atoms with E-state index in [2.05, 4.69) is 0 Å². The van der Waals surface area contributed by atoms with E-state index in [0.717, 1.165) is 23.5 Å². The summed E-state index contributed by atoms with van der Waals surface area (Å²) >= 11 is 6.58. The van der Waals surface area contributed by atoms with Crippen LogP contribution >= 0.6 is 22.9 Å². The van der Waals surface area contributed by atoms with Crippen LogP contribution < -0.4 is 4.72 Å². The molecule has 0 fully saturated rings. The molecule has 0 aliphatic carbocycles. The third kappa shape index (κ3) is 3.17. The second-order valence-electron chi connectivity index (χ2n) is 4.04. The number of thiophene rings is 1. The molecule has 5 nitrogen and oxygen atoms in total. The Morgan fingerprint density at radius 3 is 2.62 bits per heavy atom. The third-order valence-corrected chi connectivity index (χ3v) is 5.53. The average molecular weight is 350 g/mol. The average Bonchev–Trinajstić information content (AvgIpc) is 2.77. The first-order valence-electron chi connectivity index (χ1n) is 5.53. The van der Waals surface area contributed by atoms with Crippen LogP contribution in [0, 0.1) is 12.7 Å². The van der Waals surface area contributed by atoms with Crippen molar-refractivity contribution < 1.29 is 22.7 Å². The molecule has 0 aliphatic rings. The summed E-state index contributed by atoms with van der Waals surface area (Å²) in [6.07, 6.45) is 0. The first-order chi connectivity index (χ1) is 9.72. The van der Waals surface area contributed by atoms with Gasteiger partial charge in [0.2, 0.25) is 0 Å². The highest BCUT2D eigenvalue weighted by molar-refractivity contribution is 7.93. The van der Waals surface area contributed by atoms with Gasteiger partial charge in [-0.2, -0.15) is 0 Å². The molecule has 2 aromatic rings. The number of benzene rings is 1. The molecule has 1 aromatic heterocycles. The van der Waals surface area contributed by atoms with Crippen LogP contribution in [0.3, 0.4) is 0 Å². The molecule has 0 radical (unpaired) electrons. The van der Waals surface area contributed by atoms with Crippen LogP contribution in [0.5, 0.6) is 0 Å². The number of para-hydroxylation sites is 1. The van der Waals surface area contributed by atoms with Crippen molar-refractivity contribution in [1.29, 1.82) is 0 Å². The number of rotatable bonds is 4. The van der Waals surface area contributed by atoms with Crippen LogP contribution in [0.15, 0.2) is 29.2 Å². The van der Waals surface area contributed by atoms with Crippen LogP contribution in [-0.4, -0.2) is 19.5 Å². The van der Waals surface area contributed by atoms with E-state index < -0.39 is 21.8 Å². The van der Waals surface area contributed by atoms with Gasteiger partial charge in [-0.3, -0.25) is 4.72 Å². The number of aromatic carboxylic acids is 1. The molecule has 0 spiro atoms. The van der Waals surface area contributed by atoms with E-state index in [9.17, 15) is 17.6 Å². The Balaban J connectivity index is 2.46. The number of anilines is 1. The molecule has 21 heavy (non-hydrogen) atoms. The lowest BCUT2D eigenvalue weighted by Crippen LogP contribution is -2.14. The number of sulfonamides is 1. The van der Waals surface area contributed by atoms with E-state index >= 15 is 0 Å². The lowest BCUT2D eigenvalue weighted by atomic mass is 10.3. The lowest BCUT2D eigenvalue weighted by molar-refractivity contribution is 0.0702. The number of aryl methyl sites for hydroxylation is 1. The van der Waals surface area contributed by atoms with Crippen LogP contribution in [0.1, 0.15) is 14.5 Å². The Morgan fingerprint density at radius 2 is 2.10 bits per heavy atom. The minimum absolute atomic E-state index is 0.0927. The molecule has 0 unspecified atom stereocenters. The Hall–Kier alpha value is -1.64. The smallest absolute Gasteiger partial charge is 0.345 e. The highest BCUT2D eigenvalue weighted by atomic mass is 35.5. The van der Waals surface area contributed by atoms with Crippen molar-refractivity contribution in [3.05, 3.63) is 44.9 Å². The van der Waals surface area contributed by atoms with Gasteiger partial charge in [-0.25, -0.2) is 17.6 Å². The Kier molecular flexibility index (Phi) is 4.22. The van der Waals surface area contributed by atoms with Crippen LogP contribution in [0.2, 0.25) is 5.02 Å². The number of carboxylic acids is 1. The Morgan fingerprint density at radius 1 is 1.43 bits per heavy atom. The summed E-state index contributed by atoms with van der Waals surface area (Å²) in [7, 11) is -4.13. The van der Waals surface area contributed by atoms with E-state index in [-0.39, 0.29) is 25.4 Å². The molecular formula is C12H9ClFNO4S2. The zero-order chi connectivity index (χ0) is 15.8. The molecule has 0 bridgehead atoms. The zero-order valence-corrected chi connectivity index (χ0v) is 12.9. The molecule has 9 heteroatoms. The monoisotopic (exact) mass is 349 g/mol. The maximum atomic E-state index is 13.6. The molecule has 0 saturated carbocycles. The van der Waals surface area contributed by atoms with E-state index in [1.807, 2.05) is 4.72 Å². The number of nitrogens with one attached hydrogen (secondary N) is 1. The minimum atomic E-state index is -4.13. The predicted molar refractivity (Wildman–Crippen MR) is 78.2 cm³/mol. The third-order valence-electron chi connectivity index (χ3n) is 2.57. The fourth-order valence-electron chi connectivity index (χ4n) is 1.62. The second kappa shape index (κ2) is 5.63. The standard InChI is InChI=1S/C12H9ClFNO4S2/c1-6-10(5-9(20-6)12(16)17)21(18,19)15-11-7(13)3-2-4-8(11)14/h2-5,15H,1H3,(H,16,17). The maximum Gasteiger partial charge on any atom is 0.345 e. The Labute approximate surface area is 129 Å². The van der Waals surface area contributed by atoms with Crippen LogP contribution in [-0.2, 0) is 10.0 Å². The number of hydrogen-bond acceptors (Lipinski definition) is 4. The zero-order valence-electron chi connectivity index (χ0n) is 10.6. The highest BCUT2D eigenvalue weighted by Gasteiger charge is 2.24. The number of halogens is 2. The van der Waals surface area contributed by atoms with Crippen molar-refractivity contribution in [3.63, 3.8) is 0 Å². The maximum absolute atomic E-state index is 13.6. The normalized spacial score (nSPS) is 11.4. The predicted octanol–water partition coefficient (Wildman–Crippen LogP) is 3.35. The lowest BCUT2D eigenvalue weighted by Gasteiger charge is -2.10. The molecule has 0 atom stereocenters. The van der Waals surface area contributed by atoms with Crippen LogP contribution in [0.4, 0.5) is 10.1 Å². The van der Waals surface area contributed by atoms with Crippen molar-refractivity contribution in [3.8, 4) is 0 Å². The highest BCUT2D eigenvalue weighted by Crippen LogP contribution is 2.31. The van der Waals surface area contributed by atoms with Gasteiger partial charge >= 0.3 is 5.97 Å². The van der Waals surface area contributed by atoms with Crippen molar-refractivity contribution in [1.82, 2.24) is 0 Å². The summed E-state index contributed by atoms with van der Waals surface area (Å²) in [5.41, 5.74) is -0.373. The summed E-state index contributed by atoms with van der Waals surface area (Å²) in [5.74, 6) is -2.05. The number of carboxylic acid groups (broad SMARTS) is 1. The number of carbonyl (C=O) groups is 1. The van der Waals surface area contributed by atoms with Crippen LogP contribution in [0.25, 0.3) is 0 Å². The minimum Gasteiger partial charge on any atom is -0.477 e. The van der Waals surface area contributed by atoms with Gasteiger partial charge in [0.25, 0.3) is 10.0 Å². The molecule has 2 N–H and O–H groups in total. The van der Waals surface area contributed by atoms with Crippen molar-refractivity contribution >= 4 is 44.6 Å². The van der Waals surface area contributed by atoms with Crippen molar-refractivity contribution in [2.24, 2.45) is 0 Å². The fraction of sp³-hybridized carbons (Fsp3) is 0.0833. The van der Waals surface area contributed by atoms with E-state index in [1.165, 1.54) is 19.1 Å². The van der Waals surface area contributed by atoms with E-state index in [0.29, 0.717) is 0 Å². The molecule has 0 amide bonds. The molecule has 0 saturated heterocycles. The molecule has 1 aromatic carbocycles. The first kappa shape index (κ1) is 15.7. The van der Waals surface area contributed by atoms with Crippen molar-refractivity contribution in [2.45, 2.75) is 11.8 Å². The summed E-state index contributed by atoms with van der Waals surface area (Å²) in [4.78, 5) is 10.8. The quantitative estimate of drug-likeness (QED) is 0.886. The van der Waals surface area contributed by atoms with Gasteiger partial charge in [-0.05, 0) is 25.1 Å². The Bertz CT molecular complexity index is 796. The molecule has 112 valence electrons. The summed E-state index contributed by atoms with van der Waals surface area (Å²) < 4.78 is 40.2. The van der Waals surface area contributed by atoms with Gasteiger partial charge in [0.05, 0.1) is 5.02 Å². The molecule has 1 heterocycles. The molecular weight excluding hydrogens is 341 g/mol. The topological polar surface area (TPSA) is 83.5 Å². The van der Waals surface area contributed by atoms with Gasteiger partial charge in [-0.15, -0.1) is 11.3 Å². The van der Waals surface area contributed by atoms with Gasteiger partial charge in [0.15, 0.2) is 0 Å². The molecule has 2 rings (SSSR count). The summed E-state index contributed by atoms with van der Waals surface area (Å²) in [6, 6.07) is 4.77. The van der Waals surface area contributed by atoms with Crippen molar-refractivity contribution in [2.75, 3.05) is 4.72 Å². The van der Waals surface area contributed by atoms with E-state index in [4.69, 9.17) is 16.7 Å². The largest absolute Gasteiger partial charge is 0.477 e. The summed E-state index contributed by atoms with van der Waals surface area (Å²) in [5, 5.41) is 8.79. The van der Waals surface area contributed by atoms with Gasteiger partial charge < -0.3 is 5.11 Å².